The van der Waals surface area contributed by atoms with Crippen molar-refractivity contribution in [3.05, 3.63) is 81.7 Å². The van der Waals surface area contributed by atoms with E-state index in [1.165, 1.54) is 11.6 Å². The molecule has 2 aromatic carbocycles. The Balaban J connectivity index is 1.23. The van der Waals surface area contributed by atoms with Crippen LogP contribution >= 0.6 is 11.3 Å². The van der Waals surface area contributed by atoms with Crippen LogP contribution in [0.5, 0.6) is 11.6 Å². The molecule has 41 heavy (non-hydrogen) atoms. The van der Waals surface area contributed by atoms with Crippen molar-refractivity contribution >= 4 is 39.5 Å². The van der Waals surface area contributed by atoms with Crippen LogP contribution in [0, 0.1) is 25.2 Å². The van der Waals surface area contributed by atoms with Gasteiger partial charge in [-0.25, -0.2) is 9.78 Å². The Hall–Kier alpha value is -4.26. The average Bonchev–Trinajstić information content (AvgIpc) is 3.44. The van der Waals surface area contributed by atoms with Gasteiger partial charge in [-0.05, 0) is 97.7 Å². The molecule has 8 nitrogen and oxygen atoms in total. The average molecular weight is 568 g/mol. The number of ether oxygens (including phenoxy) is 2. The highest BCUT2D eigenvalue weighted by molar-refractivity contribution is 7.17. The molecule has 1 aliphatic rings. The Kier molecular flexibility index (Phi) is 8.92. The van der Waals surface area contributed by atoms with E-state index in [1.807, 2.05) is 74.7 Å². The van der Waals surface area contributed by atoms with Crippen molar-refractivity contribution in [1.29, 1.82) is 5.26 Å². The summed E-state index contributed by atoms with van der Waals surface area (Å²) in [5.74, 6) is 1.60. The van der Waals surface area contributed by atoms with E-state index >= 15 is 0 Å². The van der Waals surface area contributed by atoms with Gasteiger partial charge in [0.25, 0.3) is 0 Å². The number of nitrogens with zero attached hydrogens (tertiary/aromatic N) is 4. The third kappa shape index (κ3) is 6.91. The molecule has 4 aromatic rings. The van der Waals surface area contributed by atoms with Gasteiger partial charge in [0.05, 0.1) is 23.8 Å². The number of carbonyl (C=O) groups excluding carboxylic acids is 1. The van der Waals surface area contributed by atoms with Crippen LogP contribution in [0.15, 0.2) is 53.9 Å². The maximum absolute atomic E-state index is 11.9. The van der Waals surface area contributed by atoms with E-state index in [9.17, 15) is 4.79 Å². The number of carbonyl (C=O) groups is 1. The summed E-state index contributed by atoms with van der Waals surface area (Å²) in [5.41, 5.74) is 5.53. The summed E-state index contributed by atoms with van der Waals surface area (Å²) in [5, 5.41) is 14.4. The molecule has 1 N–H and O–H groups in total. The van der Waals surface area contributed by atoms with Crippen molar-refractivity contribution < 1.29 is 14.3 Å². The number of anilines is 1. The molecule has 0 radical (unpaired) electrons. The predicted molar refractivity (Wildman–Crippen MR) is 162 cm³/mol. The molecule has 210 valence electrons. The van der Waals surface area contributed by atoms with Gasteiger partial charge in [-0.15, -0.1) is 11.3 Å². The van der Waals surface area contributed by atoms with Gasteiger partial charge in [0, 0.05) is 31.8 Å². The first-order valence-corrected chi connectivity index (χ1v) is 14.7. The molecule has 1 fully saturated rings. The number of likely N-dealkylation sites (tertiary alicyclic amines) is 1. The number of nitriles is 1. The van der Waals surface area contributed by atoms with E-state index in [-0.39, 0.29) is 12.0 Å². The summed E-state index contributed by atoms with van der Waals surface area (Å²) in [4.78, 5) is 23.9. The second-order valence-corrected chi connectivity index (χ2v) is 11.1. The number of aromatic nitrogens is 2. The molecule has 0 spiro atoms. The lowest BCUT2D eigenvalue weighted by atomic mass is 10.0. The number of esters is 1. The van der Waals surface area contributed by atoms with Crippen LogP contribution in [0.25, 0.3) is 16.3 Å². The lowest BCUT2D eigenvalue weighted by Gasteiger charge is -2.32. The molecule has 1 aliphatic heterocycles. The van der Waals surface area contributed by atoms with Crippen LogP contribution in [0.2, 0.25) is 0 Å². The summed E-state index contributed by atoms with van der Waals surface area (Å²) in [6.07, 6.45) is 5.21. The van der Waals surface area contributed by atoms with Gasteiger partial charge in [-0.3, -0.25) is 4.90 Å². The number of hydrogen-bond acceptors (Lipinski definition) is 9. The monoisotopic (exact) mass is 567 g/mol. The minimum absolute atomic E-state index is 0.260. The Morgan fingerprint density at radius 1 is 1.15 bits per heavy atom. The van der Waals surface area contributed by atoms with Crippen LogP contribution in [-0.4, -0.2) is 46.6 Å². The van der Waals surface area contributed by atoms with Crippen LogP contribution in [0.4, 0.5) is 5.95 Å². The van der Waals surface area contributed by atoms with Crippen molar-refractivity contribution in [2.75, 3.05) is 25.0 Å². The van der Waals surface area contributed by atoms with Gasteiger partial charge in [0.1, 0.15) is 10.4 Å². The summed E-state index contributed by atoms with van der Waals surface area (Å²) < 4.78 is 12.4. The van der Waals surface area contributed by atoms with Crippen molar-refractivity contribution in [3.63, 3.8) is 0 Å². The molecule has 0 saturated carbocycles. The number of hydrogen-bond donors (Lipinski definition) is 1. The number of nitrogens with one attached hydrogen (secondary N) is 1. The number of aryl methyl sites for hydroxylation is 2. The summed E-state index contributed by atoms with van der Waals surface area (Å²) in [6, 6.07) is 16.0. The molecular formula is C32H33N5O3S. The summed E-state index contributed by atoms with van der Waals surface area (Å²) in [6.45, 7) is 8.93. The van der Waals surface area contributed by atoms with Crippen molar-refractivity contribution in [2.24, 2.45) is 0 Å². The van der Waals surface area contributed by atoms with Crippen molar-refractivity contribution in [1.82, 2.24) is 14.9 Å². The second kappa shape index (κ2) is 12.9. The maximum atomic E-state index is 11.9. The van der Waals surface area contributed by atoms with Gasteiger partial charge >= 0.3 is 5.97 Å². The van der Waals surface area contributed by atoms with Crippen LogP contribution in [0.1, 0.15) is 52.4 Å². The molecule has 2 aromatic heterocycles. The van der Waals surface area contributed by atoms with Gasteiger partial charge in [0.15, 0.2) is 0 Å². The maximum Gasteiger partial charge on any atom is 0.338 e. The van der Waals surface area contributed by atoms with Gasteiger partial charge in [0.2, 0.25) is 11.8 Å². The molecule has 3 heterocycles. The SMILES string of the molecule is CCOC(=O)c1ccc(CN2CCC(Nc3nc(Oc4c(C)cc(/C=C/C#N)cc4C)c4sccc4n3)CC2)cc1. The topological polar surface area (TPSA) is 100 Å². The van der Waals surface area contributed by atoms with Crippen LogP contribution in [-0.2, 0) is 11.3 Å². The molecule has 9 heteroatoms. The first kappa shape index (κ1) is 28.3. The van der Waals surface area contributed by atoms with Crippen LogP contribution in [0.3, 0.4) is 0 Å². The largest absolute Gasteiger partial charge is 0.462 e. The molecular weight excluding hydrogens is 534 g/mol. The normalized spacial score (nSPS) is 14.3. The number of piperidine rings is 1. The standard InChI is InChI=1S/C32H33N5O3S/c1-4-39-31(38)25-9-7-23(8-10-25)20-37-15-11-26(12-16-37)34-32-35-27-13-17-41-29(27)30(36-32)40-28-21(2)18-24(6-5-14-33)19-22(28)3/h5-10,13,17-19,26H,4,11-12,15-16,20H2,1-3H3,(H,34,35,36)/b6-5+. The van der Waals surface area contributed by atoms with E-state index in [4.69, 9.17) is 24.7 Å². The molecule has 0 unspecified atom stereocenters. The number of rotatable bonds is 9. The van der Waals surface area contributed by atoms with Crippen molar-refractivity contribution in [2.45, 2.75) is 46.2 Å². The molecule has 5 rings (SSSR count). The first-order valence-electron chi connectivity index (χ1n) is 13.8. The number of allylic oxidation sites excluding steroid dienone is 1. The molecule has 0 amide bonds. The Bertz CT molecular complexity index is 1580. The van der Waals surface area contributed by atoms with E-state index in [0.717, 1.165) is 65.1 Å². The Labute approximate surface area is 244 Å². The van der Waals surface area contributed by atoms with Gasteiger partial charge in [-0.1, -0.05) is 12.1 Å². The predicted octanol–water partition coefficient (Wildman–Crippen LogP) is 6.89. The van der Waals surface area contributed by atoms with Crippen LogP contribution < -0.4 is 10.1 Å². The zero-order valence-corrected chi connectivity index (χ0v) is 24.3. The molecule has 0 bridgehead atoms. The fraction of sp³-hybridized carbons (Fsp3) is 0.312. The Morgan fingerprint density at radius 2 is 1.88 bits per heavy atom. The zero-order chi connectivity index (χ0) is 28.8. The van der Waals surface area contributed by atoms with Crippen molar-refractivity contribution in [3.8, 4) is 17.7 Å². The number of benzene rings is 2. The van der Waals surface area contributed by atoms with E-state index in [1.54, 1.807) is 17.4 Å². The number of fused-ring (bicyclic) bond motifs is 1. The van der Waals surface area contributed by atoms with Gasteiger partial charge < -0.3 is 14.8 Å². The second-order valence-electron chi connectivity index (χ2n) is 10.1. The summed E-state index contributed by atoms with van der Waals surface area (Å²) >= 11 is 1.56. The lowest BCUT2D eigenvalue weighted by molar-refractivity contribution is 0.0526. The zero-order valence-electron chi connectivity index (χ0n) is 23.5. The minimum Gasteiger partial charge on any atom is -0.462 e. The van der Waals surface area contributed by atoms with E-state index in [0.29, 0.717) is 24.0 Å². The summed E-state index contributed by atoms with van der Waals surface area (Å²) in [7, 11) is 0. The number of thiophene rings is 1. The first-order chi connectivity index (χ1) is 19.9. The minimum atomic E-state index is -0.282. The Morgan fingerprint density at radius 3 is 2.56 bits per heavy atom. The quantitative estimate of drug-likeness (QED) is 0.172. The molecule has 0 atom stereocenters. The highest BCUT2D eigenvalue weighted by atomic mass is 32.1. The fourth-order valence-corrected chi connectivity index (χ4v) is 5.83. The lowest BCUT2D eigenvalue weighted by Crippen LogP contribution is -2.39. The molecule has 1 saturated heterocycles. The molecule has 0 aliphatic carbocycles. The van der Waals surface area contributed by atoms with E-state index in [2.05, 4.69) is 10.2 Å². The van der Waals surface area contributed by atoms with E-state index < -0.39 is 0 Å². The third-order valence-corrected chi connectivity index (χ3v) is 7.99. The highest BCUT2D eigenvalue weighted by Crippen LogP contribution is 2.36. The third-order valence-electron chi connectivity index (χ3n) is 7.10. The highest BCUT2D eigenvalue weighted by Gasteiger charge is 2.22. The fourth-order valence-electron chi connectivity index (χ4n) is 5.08. The smallest absolute Gasteiger partial charge is 0.338 e. The van der Waals surface area contributed by atoms with Gasteiger partial charge in [-0.2, -0.15) is 10.2 Å².